The number of carbonyl (C=O) groups is 1. The maximum atomic E-state index is 14.4. The van der Waals surface area contributed by atoms with Gasteiger partial charge in [0, 0.05) is 67.3 Å². The van der Waals surface area contributed by atoms with E-state index in [0.29, 0.717) is 96.6 Å². The standard InChI is InChI=1S/C47H47Cl2FN6O8S2/c1-26-37-27(2)41(49)42(40(26)48)63-34(22-56-16-14-55(3)15-17-56)24-61-33-8-9-35(62-23-32-10-13-51-44(54-32)29-11-18-66(59,60)19-12-29)30(20-33)21-36(47(57)58)64-45-39-38(37)43(65-46(39)53-25-52-45)28-4-6-31(50)7-5-28/h4-10,13,20,25,29,34,36H,11-12,14-19,21-24H2,1-3H3,(H,57,58)/t34-,36-/m1/s1. The number of sulfone groups is 1. The fourth-order valence-electron chi connectivity index (χ4n) is 8.70. The van der Waals surface area contributed by atoms with Crippen molar-refractivity contribution in [3.63, 3.8) is 0 Å². The lowest BCUT2D eigenvalue weighted by molar-refractivity contribution is -0.145. The summed E-state index contributed by atoms with van der Waals surface area (Å²) < 4.78 is 64.7. The van der Waals surface area contributed by atoms with Crippen molar-refractivity contribution < 1.29 is 41.7 Å². The van der Waals surface area contributed by atoms with Gasteiger partial charge in [-0.05, 0) is 92.4 Å². The van der Waals surface area contributed by atoms with Gasteiger partial charge in [-0.1, -0.05) is 35.3 Å². The smallest absolute Gasteiger partial charge is 0.345 e. The second kappa shape index (κ2) is 19.2. The molecule has 3 aromatic heterocycles. The lowest BCUT2D eigenvalue weighted by Gasteiger charge is -2.35. The third-order valence-corrected chi connectivity index (χ3v) is 16.2. The number of benzene rings is 3. The third-order valence-electron chi connectivity index (χ3n) is 12.4. The van der Waals surface area contributed by atoms with E-state index >= 15 is 0 Å². The first-order chi connectivity index (χ1) is 31.7. The average molecular weight is 978 g/mol. The first kappa shape index (κ1) is 46.0. The van der Waals surface area contributed by atoms with Crippen LogP contribution in [0.2, 0.25) is 10.0 Å². The van der Waals surface area contributed by atoms with Crippen molar-refractivity contribution in [3.8, 4) is 44.7 Å². The van der Waals surface area contributed by atoms with E-state index in [1.165, 1.54) is 29.8 Å². The normalized spacial score (nSPS) is 19.4. The molecule has 0 radical (unpaired) electrons. The number of hydrogen-bond acceptors (Lipinski definition) is 14. The van der Waals surface area contributed by atoms with Crippen molar-refractivity contribution >= 4 is 60.6 Å². The first-order valence-corrected chi connectivity index (χ1v) is 25.0. The van der Waals surface area contributed by atoms with E-state index in [4.69, 9.17) is 47.1 Å². The molecule has 14 nitrogen and oxygen atoms in total. The van der Waals surface area contributed by atoms with Crippen molar-refractivity contribution in [1.29, 1.82) is 0 Å². The summed E-state index contributed by atoms with van der Waals surface area (Å²) in [7, 11) is -0.976. The average Bonchev–Trinajstić information content (AvgIpc) is 3.69. The minimum absolute atomic E-state index is 0.00819. The molecule has 0 spiro atoms. The number of carboxylic acid groups (broad SMARTS) is 1. The van der Waals surface area contributed by atoms with Gasteiger partial charge < -0.3 is 29.0 Å². The second-order valence-electron chi connectivity index (χ2n) is 16.9. The number of aromatic nitrogens is 4. The van der Waals surface area contributed by atoms with Crippen LogP contribution in [-0.4, -0.2) is 119 Å². The summed E-state index contributed by atoms with van der Waals surface area (Å²) in [6, 6.07) is 13.0. The van der Waals surface area contributed by atoms with Crippen LogP contribution in [0, 0.1) is 19.7 Å². The monoisotopic (exact) mass is 976 g/mol. The molecule has 0 amide bonds. The van der Waals surface area contributed by atoms with Crippen LogP contribution in [0.4, 0.5) is 4.39 Å². The number of rotatable bonds is 8. The predicted octanol–water partition coefficient (Wildman–Crippen LogP) is 8.21. The summed E-state index contributed by atoms with van der Waals surface area (Å²) in [4.78, 5) is 37.4. The van der Waals surface area contributed by atoms with Crippen LogP contribution in [0.3, 0.4) is 0 Å². The van der Waals surface area contributed by atoms with Gasteiger partial charge in [0.05, 0.1) is 32.6 Å². The molecule has 0 unspecified atom stereocenters. The Balaban J connectivity index is 1.15. The molecule has 4 aliphatic rings. The fourth-order valence-corrected chi connectivity index (χ4v) is 11.9. The summed E-state index contributed by atoms with van der Waals surface area (Å²) in [5, 5.41) is 11.8. The number of likely N-dealkylation sites (N-methyl/N-ethyl adjacent to an activating group) is 1. The molecule has 0 saturated carbocycles. The maximum absolute atomic E-state index is 14.4. The Labute approximate surface area is 395 Å². The number of aliphatic carboxylic acids is 1. The lowest BCUT2D eigenvalue weighted by Crippen LogP contribution is -2.49. The van der Waals surface area contributed by atoms with Gasteiger partial charge in [-0.2, -0.15) is 0 Å². The van der Waals surface area contributed by atoms with Crippen LogP contribution in [-0.2, 0) is 27.7 Å². The minimum atomic E-state index is -3.07. The molecule has 7 heterocycles. The van der Waals surface area contributed by atoms with Gasteiger partial charge in [-0.15, -0.1) is 11.3 Å². The van der Waals surface area contributed by atoms with Crippen LogP contribution < -0.4 is 18.9 Å². The number of carboxylic acids is 1. The summed E-state index contributed by atoms with van der Waals surface area (Å²) in [5.41, 5.74) is 4.24. The van der Waals surface area contributed by atoms with Crippen molar-refractivity contribution in [3.05, 3.63) is 105 Å². The van der Waals surface area contributed by atoms with E-state index in [2.05, 4.69) is 31.8 Å². The second-order valence-corrected chi connectivity index (χ2v) is 21.0. The Morgan fingerprint density at radius 3 is 2.39 bits per heavy atom. The number of hydrogen-bond donors (Lipinski definition) is 1. The molecule has 0 aliphatic carbocycles. The topological polar surface area (TPSA) is 166 Å². The Kier molecular flexibility index (Phi) is 13.4. The molecule has 4 bridgehead atoms. The third kappa shape index (κ3) is 9.78. The van der Waals surface area contributed by atoms with E-state index in [9.17, 15) is 22.7 Å². The maximum Gasteiger partial charge on any atom is 0.345 e. The van der Waals surface area contributed by atoms with Crippen LogP contribution in [0.1, 0.15) is 47.0 Å². The van der Waals surface area contributed by atoms with Gasteiger partial charge in [0.2, 0.25) is 12.0 Å². The van der Waals surface area contributed by atoms with Crippen LogP contribution in [0.15, 0.2) is 61.1 Å². The number of nitrogens with zero attached hydrogens (tertiary/aromatic N) is 6. The molecule has 19 heteroatoms. The van der Waals surface area contributed by atoms with E-state index in [1.807, 2.05) is 13.8 Å². The van der Waals surface area contributed by atoms with Crippen molar-refractivity contribution in [2.24, 2.45) is 0 Å². The Morgan fingerprint density at radius 2 is 1.68 bits per heavy atom. The van der Waals surface area contributed by atoms with Crippen LogP contribution in [0.5, 0.6) is 23.1 Å². The Hall–Kier alpha value is -5.17. The molecule has 4 aliphatic heterocycles. The number of halogens is 3. The molecule has 6 aromatic rings. The van der Waals surface area contributed by atoms with E-state index in [0.717, 1.165) is 26.2 Å². The summed E-state index contributed by atoms with van der Waals surface area (Å²) in [6.07, 6.45) is 1.63. The highest BCUT2D eigenvalue weighted by molar-refractivity contribution is 7.91. The van der Waals surface area contributed by atoms with Gasteiger partial charge >= 0.3 is 5.97 Å². The summed E-state index contributed by atoms with van der Waals surface area (Å²) >= 11 is 15.9. The van der Waals surface area contributed by atoms with Gasteiger partial charge in [0.15, 0.2) is 5.75 Å². The molecule has 2 saturated heterocycles. The Morgan fingerprint density at radius 1 is 0.955 bits per heavy atom. The molecule has 346 valence electrons. The molecule has 66 heavy (non-hydrogen) atoms. The highest BCUT2D eigenvalue weighted by Crippen LogP contribution is 2.53. The van der Waals surface area contributed by atoms with Crippen molar-refractivity contribution in [2.45, 2.75) is 57.8 Å². The van der Waals surface area contributed by atoms with Crippen LogP contribution >= 0.6 is 34.5 Å². The molecular weight excluding hydrogens is 931 g/mol. The van der Waals surface area contributed by atoms with E-state index in [1.54, 1.807) is 42.6 Å². The zero-order chi connectivity index (χ0) is 46.3. The SMILES string of the molecule is Cc1c(Cl)c2c(Cl)c(C)c1-c1c(-c3ccc(F)cc3)sc3ncnc(c13)O[C@@H](C(=O)O)Cc1cc(ccc1OCc1ccnc(C3CCS(=O)(=O)CC3)n1)OC[C@@H](CN1CCN(C)CC1)O2. The first-order valence-electron chi connectivity index (χ1n) is 21.6. The minimum Gasteiger partial charge on any atom is -0.490 e. The van der Waals surface area contributed by atoms with Gasteiger partial charge in [0.25, 0.3) is 0 Å². The molecule has 2 fully saturated rings. The summed E-state index contributed by atoms with van der Waals surface area (Å²) in [6.45, 7) is 7.76. The zero-order valence-corrected chi connectivity index (χ0v) is 39.6. The van der Waals surface area contributed by atoms with Crippen molar-refractivity contribution in [2.75, 3.05) is 57.9 Å². The zero-order valence-electron chi connectivity index (χ0n) is 36.4. The largest absolute Gasteiger partial charge is 0.490 e. The molecular formula is C47H47Cl2FN6O8S2. The van der Waals surface area contributed by atoms with E-state index in [-0.39, 0.29) is 53.0 Å². The molecule has 1 N–H and O–H groups in total. The molecule has 3 aromatic carbocycles. The number of piperazine rings is 1. The van der Waals surface area contributed by atoms with Gasteiger partial charge in [-0.25, -0.2) is 37.5 Å². The van der Waals surface area contributed by atoms with Gasteiger partial charge in [-0.3, -0.25) is 4.90 Å². The predicted molar refractivity (Wildman–Crippen MR) is 251 cm³/mol. The quantitative estimate of drug-likeness (QED) is 0.155. The van der Waals surface area contributed by atoms with Crippen molar-refractivity contribution in [1.82, 2.24) is 29.7 Å². The number of thiophene rings is 1. The highest BCUT2D eigenvalue weighted by atomic mass is 35.5. The summed E-state index contributed by atoms with van der Waals surface area (Å²) in [5.74, 6) is 0.0904. The van der Waals surface area contributed by atoms with E-state index < -0.39 is 33.8 Å². The van der Waals surface area contributed by atoms with Gasteiger partial charge in [0.1, 0.15) is 63.5 Å². The highest BCUT2D eigenvalue weighted by Gasteiger charge is 2.33. The number of ether oxygens (including phenoxy) is 4. The molecule has 10 rings (SSSR count). The fraction of sp³-hybridized carbons (Fsp3) is 0.383. The van der Waals surface area contributed by atoms with Crippen LogP contribution in [0.25, 0.3) is 31.8 Å². The Bertz CT molecular complexity index is 2870. The lowest BCUT2D eigenvalue weighted by atomic mass is 9.92. The molecule has 2 atom stereocenters. The number of fused-ring (bicyclic) bond motifs is 7.